The average molecular weight is 368 g/mol. The van der Waals surface area contributed by atoms with Crippen LogP contribution >= 0.6 is 0 Å². The van der Waals surface area contributed by atoms with E-state index in [1.807, 2.05) is 20.8 Å². The number of hydrogen-bond donors (Lipinski definition) is 2. The van der Waals surface area contributed by atoms with E-state index in [-0.39, 0.29) is 18.1 Å². The molecule has 0 fully saturated rings. The number of rotatable bonds is 6. The second-order valence-electron chi connectivity index (χ2n) is 6.62. The Morgan fingerprint density at radius 2 is 1.70 bits per heavy atom. The molecule has 0 heterocycles. The van der Waals surface area contributed by atoms with Crippen molar-refractivity contribution in [3.63, 3.8) is 0 Å². The molecule has 142 valence electrons. The maximum absolute atomic E-state index is 12.1. The second-order valence-corrected chi connectivity index (χ2v) is 6.62. The van der Waals surface area contributed by atoms with Crippen molar-refractivity contribution >= 4 is 23.0 Å². The molecule has 2 aromatic rings. The summed E-state index contributed by atoms with van der Waals surface area (Å²) in [4.78, 5) is 22.7. The van der Waals surface area contributed by atoms with Gasteiger partial charge in [-0.25, -0.2) is 5.43 Å². The highest BCUT2D eigenvalue weighted by molar-refractivity contribution is 6.00. The molecule has 2 aromatic carbocycles. The summed E-state index contributed by atoms with van der Waals surface area (Å²) >= 11 is 0. The fraction of sp³-hybridized carbons (Fsp3) is 0.300. The molecule has 1 amide bonds. The molecule has 0 aliphatic rings. The van der Waals surface area contributed by atoms with Crippen LogP contribution in [-0.4, -0.2) is 23.1 Å². The standard InChI is InChI=1S/C20H24N4O3/c1-12-8-14(3)20(15(4)9-12)21-11-19(25)23-22-16(5)17-7-6-13(2)18(10-17)24(26)27/h6-10,21H,11H2,1-5H3,(H,23,25)/b22-16-. The first kappa shape index (κ1) is 20.1. The number of amides is 1. The van der Waals surface area contributed by atoms with Gasteiger partial charge in [0.15, 0.2) is 0 Å². The van der Waals surface area contributed by atoms with Crippen LogP contribution in [0, 0.1) is 37.8 Å². The van der Waals surface area contributed by atoms with Gasteiger partial charge in [0, 0.05) is 22.9 Å². The van der Waals surface area contributed by atoms with Gasteiger partial charge >= 0.3 is 0 Å². The van der Waals surface area contributed by atoms with Gasteiger partial charge in [-0.2, -0.15) is 5.10 Å². The third-order valence-electron chi connectivity index (χ3n) is 4.27. The Morgan fingerprint density at radius 3 is 2.30 bits per heavy atom. The quantitative estimate of drug-likeness (QED) is 0.461. The molecule has 2 N–H and O–H groups in total. The van der Waals surface area contributed by atoms with E-state index in [0.717, 1.165) is 16.8 Å². The van der Waals surface area contributed by atoms with E-state index in [9.17, 15) is 14.9 Å². The highest BCUT2D eigenvalue weighted by atomic mass is 16.6. The summed E-state index contributed by atoms with van der Waals surface area (Å²) in [5.41, 5.74) is 8.43. The topological polar surface area (TPSA) is 96.6 Å². The lowest BCUT2D eigenvalue weighted by atomic mass is 10.1. The van der Waals surface area contributed by atoms with Crippen molar-refractivity contribution in [3.8, 4) is 0 Å². The van der Waals surface area contributed by atoms with Crippen molar-refractivity contribution in [3.05, 3.63) is 68.3 Å². The van der Waals surface area contributed by atoms with Crippen LogP contribution in [0.25, 0.3) is 0 Å². The van der Waals surface area contributed by atoms with Gasteiger partial charge in [-0.15, -0.1) is 0 Å². The van der Waals surface area contributed by atoms with Gasteiger partial charge in [0.25, 0.3) is 11.6 Å². The number of benzene rings is 2. The van der Waals surface area contributed by atoms with Gasteiger partial charge < -0.3 is 5.32 Å². The fourth-order valence-electron chi connectivity index (χ4n) is 2.91. The van der Waals surface area contributed by atoms with Crippen LogP contribution in [0.1, 0.15) is 34.7 Å². The molecule has 2 rings (SSSR count). The number of nitrogens with one attached hydrogen (secondary N) is 2. The van der Waals surface area contributed by atoms with Gasteiger partial charge in [0.05, 0.1) is 17.2 Å². The largest absolute Gasteiger partial charge is 0.376 e. The monoisotopic (exact) mass is 368 g/mol. The van der Waals surface area contributed by atoms with E-state index in [4.69, 9.17) is 0 Å². The molecule has 0 aromatic heterocycles. The smallest absolute Gasteiger partial charge is 0.272 e. The van der Waals surface area contributed by atoms with E-state index >= 15 is 0 Å². The molecule has 7 heteroatoms. The Bertz CT molecular complexity index is 896. The Balaban J connectivity index is 2.02. The molecule has 0 radical (unpaired) electrons. The summed E-state index contributed by atoms with van der Waals surface area (Å²) in [6, 6.07) is 8.97. The van der Waals surface area contributed by atoms with E-state index in [1.54, 1.807) is 26.0 Å². The van der Waals surface area contributed by atoms with Gasteiger partial charge in [-0.3, -0.25) is 14.9 Å². The average Bonchev–Trinajstić information content (AvgIpc) is 2.58. The number of hydrazone groups is 1. The van der Waals surface area contributed by atoms with Crippen molar-refractivity contribution in [2.24, 2.45) is 5.10 Å². The maximum Gasteiger partial charge on any atom is 0.272 e. The van der Waals surface area contributed by atoms with Crippen LogP contribution in [0.3, 0.4) is 0 Å². The predicted octanol–water partition coefficient (Wildman–Crippen LogP) is 3.78. The fourth-order valence-corrected chi connectivity index (χ4v) is 2.91. The molecule has 0 aliphatic carbocycles. The molecule has 0 saturated heterocycles. The Morgan fingerprint density at radius 1 is 1.07 bits per heavy atom. The number of carbonyl (C=O) groups excluding carboxylic acids is 1. The second kappa shape index (κ2) is 8.44. The van der Waals surface area contributed by atoms with Gasteiger partial charge in [0.2, 0.25) is 0 Å². The number of nitrogens with zero attached hydrogens (tertiary/aromatic N) is 2. The lowest BCUT2D eigenvalue weighted by molar-refractivity contribution is -0.385. The molecule has 0 aliphatic heterocycles. The van der Waals surface area contributed by atoms with Gasteiger partial charge in [-0.1, -0.05) is 29.8 Å². The molecule has 7 nitrogen and oxygen atoms in total. The molecular weight excluding hydrogens is 344 g/mol. The first-order valence-electron chi connectivity index (χ1n) is 8.59. The molecule has 0 atom stereocenters. The van der Waals surface area contributed by atoms with E-state index in [1.165, 1.54) is 11.6 Å². The third kappa shape index (κ3) is 5.13. The highest BCUT2D eigenvalue weighted by Crippen LogP contribution is 2.21. The highest BCUT2D eigenvalue weighted by Gasteiger charge is 2.12. The Kier molecular flexibility index (Phi) is 6.28. The van der Waals surface area contributed by atoms with Gasteiger partial charge in [0.1, 0.15) is 0 Å². The molecule has 0 saturated carbocycles. The first-order valence-corrected chi connectivity index (χ1v) is 8.59. The molecule has 0 bridgehead atoms. The summed E-state index contributed by atoms with van der Waals surface area (Å²) in [7, 11) is 0. The minimum atomic E-state index is -0.430. The molecule has 0 unspecified atom stereocenters. The summed E-state index contributed by atoms with van der Waals surface area (Å²) < 4.78 is 0. The lowest BCUT2D eigenvalue weighted by Crippen LogP contribution is -2.27. The zero-order valence-electron chi connectivity index (χ0n) is 16.2. The zero-order valence-corrected chi connectivity index (χ0v) is 16.2. The third-order valence-corrected chi connectivity index (χ3v) is 4.27. The number of nitro benzene ring substituents is 1. The summed E-state index contributed by atoms with van der Waals surface area (Å²) in [5.74, 6) is -0.296. The minimum Gasteiger partial charge on any atom is -0.376 e. The van der Waals surface area contributed by atoms with Crippen LogP contribution < -0.4 is 10.7 Å². The van der Waals surface area contributed by atoms with Crippen LogP contribution in [0.15, 0.2) is 35.4 Å². The van der Waals surface area contributed by atoms with Crippen LogP contribution in [0.5, 0.6) is 0 Å². The van der Waals surface area contributed by atoms with Crippen molar-refractivity contribution in [2.45, 2.75) is 34.6 Å². The zero-order chi connectivity index (χ0) is 20.1. The van der Waals surface area contributed by atoms with E-state index in [2.05, 4.69) is 28.0 Å². The Hall–Kier alpha value is -3.22. The van der Waals surface area contributed by atoms with Gasteiger partial charge in [-0.05, 0) is 45.7 Å². The first-order chi connectivity index (χ1) is 12.7. The number of hydrogen-bond acceptors (Lipinski definition) is 5. The van der Waals surface area contributed by atoms with E-state index < -0.39 is 4.92 Å². The van der Waals surface area contributed by atoms with Crippen molar-refractivity contribution in [2.75, 3.05) is 11.9 Å². The number of nitro groups is 1. The Labute approximate surface area is 158 Å². The molecular formula is C20H24N4O3. The lowest BCUT2D eigenvalue weighted by Gasteiger charge is -2.13. The summed E-state index contributed by atoms with van der Waals surface area (Å²) in [6.45, 7) is 9.46. The summed E-state index contributed by atoms with van der Waals surface area (Å²) in [5, 5.41) is 18.2. The van der Waals surface area contributed by atoms with Crippen molar-refractivity contribution < 1.29 is 9.72 Å². The SMILES string of the molecule is C/C(=N/NC(=O)CNc1c(C)cc(C)cc1C)c1ccc(C)c([N+](=O)[O-])c1. The summed E-state index contributed by atoms with van der Waals surface area (Å²) in [6.07, 6.45) is 0. The number of aryl methyl sites for hydroxylation is 4. The van der Waals surface area contributed by atoms with Crippen LogP contribution in [0.2, 0.25) is 0 Å². The molecule has 0 spiro atoms. The molecule has 27 heavy (non-hydrogen) atoms. The predicted molar refractivity (Wildman–Crippen MR) is 107 cm³/mol. The van der Waals surface area contributed by atoms with Crippen molar-refractivity contribution in [1.29, 1.82) is 0 Å². The van der Waals surface area contributed by atoms with Crippen LogP contribution in [-0.2, 0) is 4.79 Å². The minimum absolute atomic E-state index is 0.0281. The maximum atomic E-state index is 12.1. The number of anilines is 1. The van der Waals surface area contributed by atoms with E-state index in [0.29, 0.717) is 16.8 Å². The number of carbonyl (C=O) groups is 1. The van der Waals surface area contributed by atoms with Crippen molar-refractivity contribution in [1.82, 2.24) is 5.43 Å². The normalized spacial score (nSPS) is 11.2. The van der Waals surface area contributed by atoms with Crippen LogP contribution in [0.4, 0.5) is 11.4 Å².